The number of unbranched alkanes of at least 4 members (excludes halogenated alkanes) is 1. The minimum Gasteiger partial charge on any atom is -0.204 e. The molecule has 3 rings (SSSR count). The van der Waals surface area contributed by atoms with E-state index in [1.165, 1.54) is 18.4 Å². The second-order valence-electron chi connectivity index (χ2n) is 7.39. The molecule has 0 fully saturated rings. The van der Waals surface area contributed by atoms with Gasteiger partial charge in [0.2, 0.25) is 0 Å². The third-order valence-corrected chi connectivity index (χ3v) is 5.50. The Morgan fingerprint density at radius 3 is 2.00 bits per heavy atom. The smallest absolute Gasteiger partial charge is 0.194 e. The second-order valence-corrected chi connectivity index (χ2v) is 7.39. The Balaban J connectivity index is 2.02. The van der Waals surface area contributed by atoms with E-state index in [1.54, 1.807) is 6.92 Å². The molecule has 29 heavy (non-hydrogen) atoms. The van der Waals surface area contributed by atoms with Crippen LogP contribution in [0.5, 0.6) is 0 Å². The van der Waals surface area contributed by atoms with Crippen LogP contribution in [0.4, 0.5) is 13.2 Å². The molecule has 0 aliphatic heterocycles. The van der Waals surface area contributed by atoms with E-state index < -0.39 is 17.5 Å². The average Bonchev–Trinajstić information content (AvgIpc) is 2.75. The first-order chi connectivity index (χ1) is 14.0. The van der Waals surface area contributed by atoms with Crippen molar-refractivity contribution in [2.45, 2.75) is 52.9 Å². The minimum absolute atomic E-state index is 0.207. The second kappa shape index (κ2) is 9.30. The fourth-order valence-electron chi connectivity index (χ4n) is 3.80. The van der Waals surface area contributed by atoms with Crippen molar-refractivity contribution in [1.82, 2.24) is 0 Å². The summed E-state index contributed by atoms with van der Waals surface area (Å²) in [5.74, 6) is -3.65. The predicted molar refractivity (Wildman–Crippen MR) is 115 cm³/mol. The zero-order valence-electron chi connectivity index (χ0n) is 17.3. The zero-order chi connectivity index (χ0) is 21.0. The summed E-state index contributed by atoms with van der Waals surface area (Å²) in [7, 11) is 0. The highest BCUT2D eigenvalue weighted by molar-refractivity contribution is 5.75. The van der Waals surface area contributed by atoms with Gasteiger partial charge in [0.1, 0.15) is 0 Å². The lowest BCUT2D eigenvalue weighted by atomic mass is 9.90. The lowest BCUT2D eigenvalue weighted by Gasteiger charge is -2.15. The number of halogens is 3. The van der Waals surface area contributed by atoms with Crippen LogP contribution >= 0.6 is 0 Å². The lowest BCUT2D eigenvalue weighted by Crippen LogP contribution is -2.01. The summed E-state index contributed by atoms with van der Waals surface area (Å²) in [6.45, 7) is 5.99. The molecule has 0 radical (unpaired) electrons. The van der Waals surface area contributed by atoms with E-state index in [2.05, 4.69) is 38.1 Å². The number of benzene rings is 3. The molecule has 0 spiro atoms. The van der Waals surface area contributed by atoms with Crippen LogP contribution in [0.15, 0.2) is 48.5 Å². The highest BCUT2D eigenvalue weighted by Crippen LogP contribution is 2.34. The maximum absolute atomic E-state index is 14.2. The minimum atomic E-state index is -1.40. The first-order valence-electron chi connectivity index (χ1n) is 10.4. The first kappa shape index (κ1) is 21.2. The van der Waals surface area contributed by atoms with Crippen LogP contribution in [0, 0.1) is 17.5 Å². The molecular formula is C26H27F3. The molecule has 0 atom stereocenters. The van der Waals surface area contributed by atoms with E-state index in [4.69, 9.17) is 0 Å². The Hall–Kier alpha value is -2.55. The van der Waals surface area contributed by atoms with E-state index in [0.717, 1.165) is 35.6 Å². The van der Waals surface area contributed by atoms with Gasteiger partial charge in [-0.2, -0.15) is 0 Å². The van der Waals surface area contributed by atoms with Gasteiger partial charge in [-0.25, -0.2) is 13.2 Å². The van der Waals surface area contributed by atoms with Gasteiger partial charge in [-0.15, -0.1) is 0 Å². The van der Waals surface area contributed by atoms with Gasteiger partial charge in [0.05, 0.1) is 0 Å². The van der Waals surface area contributed by atoms with Crippen molar-refractivity contribution in [1.29, 1.82) is 0 Å². The quantitative estimate of drug-likeness (QED) is 0.356. The number of hydrogen-bond donors (Lipinski definition) is 0. The average molecular weight is 396 g/mol. The summed E-state index contributed by atoms with van der Waals surface area (Å²) >= 11 is 0. The summed E-state index contributed by atoms with van der Waals surface area (Å²) in [6.07, 6.45) is 4.51. The maximum atomic E-state index is 14.2. The topological polar surface area (TPSA) is 0 Å². The monoisotopic (exact) mass is 396 g/mol. The number of rotatable bonds is 7. The van der Waals surface area contributed by atoms with Crippen molar-refractivity contribution in [2.75, 3.05) is 0 Å². The van der Waals surface area contributed by atoms with Crippen molar-refractivity contribution in [3.05, 3.63) is 82.7 Å². The Morgan fingerprint density at radius 2 is 1.38 bits per heavy atom. The molecule has 0 aromatic heterocycles. The van der Waals surface area contributed by atoms with Crippen LogP contribution in [-0.4, -0.2) is 0 Å². The largest absolute Gasteiger partial charge is 0.204 e. The first-order valence-corrected chi connectivity index (χ1v) is 10.4. The Labute approximate surface area is 171 Å². The molecule has 3 heteroatoms. The highest BCUT2D eigenvalue weighted by atomic mass is 19.2. The molecule has 3 aromatic carbocycles. The van der Waals surface area contributed by atoms with Gasteiger partial charge in [0, 0.05) is 0 Å². The molecule has 0 aliphatic carbocycles. The van der Waals surface area contributed by atoms with E-state index in [0.29, 0.717) is 17.5 Å². The van der Waals surface area contributed by atoms with E-state index in [9.17, 15) is 13.2 Å². The molecule has 3 aromatic rings. The molecule has 0 bridgehead atoms. The molecule has 0 nitrogen and oxygen atoms in total. The third-order valence-electron chi connectivity index (χ3n) is 5.50. The van der Waals surface area contributed by atoms with Crippen molar-refractivity contribution < 1.29 is 13.2 Å². The highest BCUT2D eigenvalue weighted by Gasteiger charge is 2.19. The Kier molecular flexibility index (Phi) is 6.79. The molecule has 0 amide bonds. The van der Waals surface area contributed by atoms with Gasteiger partial charge >= 0.3 is 0 Å². The van der Waals surface area contributed by atoms with E-state index >= 15 is 0 Å². The summed E-state index contributed by atoms with van der Waals surface area (Å²) in [5.41, 5.74) is 5.99. The maximum Gasteiger partial charge on any atom is 0.194 e. The normalized spacial score (nSPS) is 11.1. The standard InChI is InChI=1S/C26H27F3/c1-4-7-8-17-9-11-19(12-10-17)22-14-13-20(15-18(22)5-2)23-16-24(27)26(29)25(28)21(23)6-3/h9-16H,4-8H2,1-3H3. The summed E-state index contributed by atoms with van der Waals surface area (Å²) in [4.78, 5) is 0. The lowest BCUT2D eigenvalue weighted by molar-refractivity contribution is 0.442. The van der Waals surface area contributed by atoms with Crippen molar-refractivity contribution in [2.24, 2.45) is 0 Å². The number of aryl methyl sites for hydroxylation is 2. The molecule has 152 valence electrons. The van der Waals surface area contributed by atoms with Gasteiger partial charge in [-0.05, 0) is 70.7 Å². The van der Waals surface area contributed by atoms with Crippen LogP contribution in [0.25, 0.3) is 22.3 Å². The van der Waals surface area contributed by atoms with Crippen molar-refractivity contribution in [3.63, 3.8) is 0 Å². The molecule has 0 saturated carbocycles. The van der Waals surface area contributed by atoms with Gasteiger partial charge in [0.15, 0.2) is 17.5 Å². The Bertz CT molecular complexity index is 988. The van der Waals surface area contributed by atoms with Gasteiger partial charge in [-0.1, -0.05) is 69.7 Å². The molecule has 0 unspecified atom stereocenters. The Morgan fingerprint density at radius 1 is 0.690 bits per heavy atom. The van der Waals surface area contributed by atoms with Gasteiger partial charge in [0.25, 0.3) is 0 Å². The summed E-state index contributed by atoms with van der Waals surface area (Å²) in [5, 5.41) is 0. The predicted octanol–water partition coefficient (Wildman–Crippen LogP) is 7.91. The zero-order valence-corrected chi connectivity index (χ0v) is 17.3. The summed E-state index contributed by atoms with van der Waals surface area (Å²) in [6, 6.07) is 15.5. The van der Waals surface area contributed by atoms with E-state index in [-0.39, 0.29) is 5.56 Å². The fraction of sp³-hybridized carbons (Fsp3) is 0.308. The molecular weight excluding hydrogens is 369 g/mol. The van der Waals surface area contributed by atoms with Crippen molar-refractivity contribution >= 4 is 0 Å². The molecule has 0 N–H and O–H groups in total. The van der Waals surface area contributed by atoms with Crippen molar-refractivity contribution in [3.8, 4) is 22.3 Å². The molecule has 0 aliphatic rings. The number of hydrogen-bond acceptors (Lipinski definition) is 0. The summed E-state index contributed by atoms with van der Waals surface area (Å²) < 4.78 is 41.8. The SMILES string of the molecule is CCCCc1ccc(-c2ccc(-c3cc(F)c(F)c(F)c3CC)cc2CC)cc1. The van der Waals surface area contributed by atoms with Gasteiger partial charge in [-0.3, -0.25) is 0 Å². The van der Waals surface area contributed by atoms with Crippen LogP contribution < -0.4 is 0 Å². The third kappa shape index (κ3) is 4.39. The van der Waals surface area contributed by atoms with Crippen LogP contribution in [0.2, 0.25) is 0 Å². The fourth-order valence-corrected chi connectivity index (χ4v) is 3.80. The van der Waals surface area contributed by atoms with E-state index in [1.807, 2.05) is 18.2 Å². The van der Waals surface area contributed by atoms with Gasteiger partial charge < -0.3 is 0 Å². The van der Waals surface area contributed by atoms with Crippen LogP contribution in [-0.2, 0) is 19.3 Å². The van der Waals surface area contributed by atoms with Crippen LogP contribution in [0.3, 0.4) is 0 Å². The molecule has 0 saturated heterocycles. The van der Waals surface area contributed by atoms with Crippen LogP contribution in [0.1, 0.15) is 50.3 Å². The molecule has 0 heterocycles.